The molecule has 0 radical (unpaired) electrons. The lowest BCUT2D eigenvalue weighted by atomic mass is 10.1. The molecule has 1 N–H and O–H groups in total. The van der Waals surface area contributed by atoms with E-state index in [0.29, 0.717) is 0 Å². The van der Waals surface area contributed by atoms with Crippen molar-refractivity contribution in [3.8, 4) is 0 Å². The number of amides is 2. The molecule has 1 aliphatic rings. The predicted octanol–water partition coefficient (Wildman–Crippen LogP) is 3.78. The van der Waals surface area contributed by atoms with Crippen molar-refractivity contribution < 1.29 is 4.79 Å². The fourth-order valence-electron chi connectivity index (χ4n) is 3.17. The highest BCUT2D eigenvalue weighted by molar-refractivity contribution is 5.89. The molecule has 2 aromatic rings. The summed E-state index contributed by atoms with van der Waals surface area (Å²) in [4.78, 5) is 16.7. The Bertz CT molecular complexity index is 661. The number of aryl methyl sites for hydroxylation is 2. The van der Waals surface area contributed by atoms with Crippen LogP contribution in [0.2, 0.25) is 0 Å². The van der Waals surface area contributed by atoms with Gasteiger partial charge >= 0.3 is 6.03 Å². The van der Waals surface area contributed by atoms with E-state index in [-0.39, 0.29) is 6.03 Å². The number of benzene rings is 2. The van der Waals surface area contributed by atoms with E-state index in [1.54, 1.807) is 0 Å². The van der Waals surface area contributed by atoms with Crippen LogP contribution < -0.4 is 5.32 Å². The van der Waals surface area contributed by atoms with E-state index in [1.165, 1.54) is 17.5 Å². The predicted molar refractivity (Wildman–Crippen MR) is 103 cm³/mol. The molecule has 25 heavy (non-hydrogen) atoms. The van der Waals surface area contributed by atoms with Gasteiger partial charge in [0.2, 0.25) is 0 Å². The minimum absolute atomic E-state index is 0.00721. The van der Waals surface area contributed by atoms with Crippen LogP contribution in [0.4, 0.5) is 10.5 Å². The van der Waals surface area contributed by atoms with E-state index < -0.39 is 0 Å². The Labute approximate surface area is 150 Å². The fraction of sp³-hybridized carbons (Fsp3) is 0.381. The smallest absolute Gasteiger partial charge is 0.321 e. The van der Waals surface area contributed by atoms with Crippen LogP contribution in [0.25, 0.3) is 0 Å². The third kappa shape index (κ3) is 5.33. The number of rotatable bonds is 5. The van der Waals surface area contributed by atoms with Gasteiger partial charge in [-0.25, -0.2) is 4.79 Å². The van der Waals surface area contributed by atoms with Gasteiger partial charge in [0.05, 0.1) is 0 Å². The summed E-state index contributed by atoms with van der Waals surface area (Å²) in [6.45, 7) is 6.64. The second kappa shape index (κ2) is 8.67. The average molecular weight is 337 g/mol. The summed E-state index contributed by atoms with van der Waals surface area (Å²) in [5, 5.41) is 2.99. The van der Waals surface area contributed by atoms with Gasteiger partial charge in [-0.05, 0) is 44.0 Å². The zero-order valence-corrected chi connectivity index (χ0v) is 14.9. The Morgan fingerprint density at radius 2 is 1.64 bits per heavy atom. The summed E-state index contributed by atoms with van der Waals surface area (Å²) >= 11 is 0. The Hall–Kier alpha value is -2.33. The van der Waals surface area contributed by atoms with Crippen molar-refractivity contribution in [3.63, 3.8) is 0 Å². The van der Waals surface area contributed by atoms with Crippen molar-refractivity contribution in [2.45, 2.75) is 19.8 Å². The maximum Gasteiger partial charge on any atom is 0.321 e. The number of piperazine rings is 1. The van der Waals surface area contributed by atoms with Gasteiger partial charge in [-0.2, -0.15) is 0 Å². The third-order valence-electron chi connectivity index (χ3n) is 4.74. The summed E-state index contributed by atoms with van der Waals surface area (Å²) in [6, 6.07) is 18.6. The first-order chi connectivity index (χ1) is 12.2. The number of anilines is 1. The number of urea groups is 1. The third-order valence-corrected chi connectivity index (χ3v) is 4.74. The van der Waals surface area contributed by atoms with Crippen LogP contribution in [-0.2, 0) is 6.42 Å². The summed E-state index contributed by atoms with van der Waals surface area (Å²) in [7, 11) is 0. The second-order valence-corrected chi connectivity index (χ2v) is 6.71. The van der Waals surface area contributed by atoms with Gasteiger partial charge in [0.25, 0.3) is 0 Å². The molecule has 0 aromatic heterocycles. The average Bonchev–Trinajstić information content (AvgIpc) is 2.65. The minimum Gasteiger partial charge on any atom is -0.322 e. The molecule has 1 saturated heterocycles. The van der Waals surface area contributed by atoms with E-state index in [9.17, 15) is 4.79 Å². The molecule has 0 unspecified atom stereocenters. The molecule has 1 heterocycles. The lowest BCUT2D eigenvalue weighted by Gasteiger charge is -2.34. The number of nitrogens with zero attached hydrogens (tertiary/aromatic N) is 2. The summed E-state index contributed by atoms with van der Waals surface area (Å²) in [5.74, 6) is 0. The molecule has 2 aromatic carbocycles. The highest BCUT2D eigenvalue weighted by atomic mass is 16.2. The molecule has 0 bridgehead atoms. The number of carbonyl (C=O) groups is 1. The van der Waals surface area contributed by atoms with Crippen LogP contribution in [0, 0.1) is 6.92 Å². The zero-order valence-electron chi connectivity index (χ0n) is 14.9. The molecule has 0 saturated carbocycles. The number of nitrogens with one attached hydrogen (secondary N) is 1. The Balaban J connectivity index is 1.37. The maximum absolute atomic E-state index is 12.4. The molecule has 2 amide bonds. The van der Waals surface area contributed by atoms with Crippen LogP contribution in [0.15, 0.2) is 54.6 Å². The standard InChI is InChI=1S/C21H27N3O/c1-18-9-11-20(12-10-18)22-21(25)24-16-14-23(15-17-24)13-5-8-19-6-3-2-4-7-19/h2-4,6-7,9-12H,5,8,13-17H2,1H3,(H,22,25). The second-order valence-electron chi connectivity index (χ2n) is 6.71. The van der Waals surface area contributed by atoms with Gasteiger partial charge in [-0.15, -0.1) is 0 Å². The normalized spacial score (nSPS) is 15.2. The van der Waals surface area contributed by atoms with Crippen molar-refractivity contribution in [2.75, 3.05) is 38.0 Å². The molecular formula is C21H27N3O. The highest BCUT2D eigenvalue weighted by Gasteiger charge is 2.20. The van der Waals surface area contributed by atoms with E-state index in [0.717, 1.165) is 44.8 Å². The number of hydrogen-bond acceptors (Lipinski definition) is 2. The van der Waals surface area contributed by atoms with Gasteiger partial charge in [0.1, 0.15) is 0 Å². The lowest BCUT2D eigenvalue weighted by Crippen LogP contribution is -2.50. The largest absolute Gasteiger partial charge is 0.322 e. The molecule has 1 aliphatic heterocycles. The molecule has 4 heteroatoms. The van der Waals surface area contributed by atoms with E-state index in [1.807, 2.05) is 36.1 Å². The van der Waals surface area contributed by atoms with E-state index in [2.05, 4.69) is 40.5 Å². The molecule has 0 atom stereocenters. The Morgan fingerprint density at radius 1 is 0.960 bits per heavy atom. The van der Waals surface area contributed by atoms with Crippen LogP contribution >= 0.6 is 0 Å². The van der Waals surface area contributed by atoms with E-state index in [4.69, 9.17) is 0 Å². The topological polar surface area (TPSA) is 35.6 Å². The zero-order chi connectivity index (χ0) is 17.5. The van der Waals surface area contributed by atoms with Crippen molar-refractivity contribution in [1.29, 1.82) is 0 Å². The van der Waals surface area contributed by atoms with Crippen LogP contribution in [0.3, 0.4) is 0 Å². The first kappa shape index (κ1) is 17.5. The highest BCUT2D eigenvalue weighted by Crippen LogP contribution is 2.11. The quantitative estimate of drug-likeness (QED) is 0.901. The van der Waals surface area contributed by atoms with Gasteiger partial charge in [-0.1, -0.05) is 48.0 Å². The molecule has 1 fully saturated rings. The van der Waals surface area contributed by atoms with Crippen molar-refractivity contribution in [3.05, 3.63) is 65.7 Å². The molecule has 0 aliphatic carbocycles. The Morgan fingerprint density at radius 3 is 2.32 bits per heavy atom. The van der Waals surface area contributed by atoms with Gasteiger partial charge in [0, 0.05) is 31.9 Å². The first-order valence-corrected chi connectivity index (χ1v) is 9.09. The molecule has 0 spiro atoms. The molecule has 4 nitrogen and oxygen atoms in total. The van der Waals surface area contributed by atoms with Crippen LogP contribution in [0.1, 0.15) is 17.5 Å². The van der Waals surface area contributed by atoms with Gasteiger partial charge < -0.3 is 10.2 Å². The van der Waals surface area contributed by atoms with Crippen molar-refractivity contribution in [1.82, 2.24) is 9.80 Å². The molecule has 3 rings (SSSR count). The lowest BCUT2D eigenvalue weighted by molar-refractivity contribution is 0.146. The summed E-state index contributed by atoms with van der Waals surface area (Å²) in [5.41, 5.74) is 3.46. The van der Waals surface area contributed by atoms with Gasteiger partial charge in [0.15, 0.2) is 0 Å². The van der Waals surface area contributed by atoms with Crippen molar-refractivity contribution >= 4 is 11.7 Å². The van der Waals surface area contributed by atoms with Crippen LogP contribution in [-0.4, -0.2) is 48.6 Å². The summed E-state index contributed by atoms with van der Waals surface area (Å²) < 4.78 is 0. The van der Waals surface area contributed by atoms with E-state index >= 15 is 0 Å². The molecule has 132 valence electrons. The Kier molecular flexibility index (Phi) is 6.07. The molecular weight excluding hydrogens is 310 g/mol. The summed E-state index contributed by atoms with van der Waals surface area (Å²) in [6.07, 6.45) is 2.29. The van der Waals surface area contributed by atoms with Crippen molar-refractivity contribution in [2.24, 2.45) is 0 Å². The fourth-order valence-corrected chi connectivity index (χ4v) is 3.17. The number of carbonyl (C=O) groups excluding carboxylic acids is 1. The first-order valence-electron chi connectivity index (χ1n) is 9.09. The number of hydrogen-bond donors (Lipinski definition) is 1. The van der Waals surface area contributed by atoms with Crippen LogP contribution in [0.5, 0.6) is 0 Å². The maximum atomic E-state index is 12.4. The monoisotopic (exact) mass is 337 g/mol. The minimum atomic E-state index is 0.00721. The van der Waals surface area contributed by atoms with Gasteiger partial charge in [-0.3, -0.25) is 4.90 Å². The SMILES string of the molecule is Cc1ccc(NC(=O)N2CCN(CCCc3ccccc3)CC2)cc1.